The second-order valence-electron chi connectivity index (χ2n) is 3.33. The molecule has 2 rings (SSSR count). The maximum atomic E-state index is 11.1. The van der Waals surface area contributed by atoms with Crippen molar-refractivity contribution in [1.29, 1.82) is 0 Å². The summed E-state index contributed by atoms with van der Waals surface area (Å²) in [5, 5.41) is 24.5. The van der Waals surface area contributed by atoms with E-state index in [9.17, 15) is 10.0 Å². The highest BCUT2D eigenvalue weighted by atomic mass is 16.6. The molecule has 0 radical (unpaired) electrons. The minimum atomic E-state index is -1.08. The number of carboxylic acid groups (broad SMARTS) is 1. The van der Waals surface area contributed by atoms with Gasteiger partial charge in [0.25, 0.3) is 0 Å². The molecule has 0 fully saturated rings. The summed E-state index contributed by atoms with van der Waals surface area (Å²) in [6.07, 6.45) is 1.34. The van der Waals surface area contributed by atoms with Gasteiger partial charge in [0.05, 0.1) is 11.1 Å². The minimum Gasteiger partial charge on any atom is -0.478 e. The van der Waals surface area contributed by atoms with Crippen LogP contribution < -0.4 is 5.17 Å². The van der Waals surface area contributed by atoms with E-state index in [1.165, 1.54) is 11.2 Å². The third-order valence-electron chi connectivity index (χ3n) is 2.38. The number of hydrogen-bond donors (Lipinski definition) is 2. The lowest BCUT2D eigenvalue weighted by Gasteiger charge is -2.31. The minimum absolute atomic E-state index is 0.0564. The molecule has 0 aliphatic carbocycles. The SMILES string of the molecule is CCN1C=C(C(=O)O)c2c(noc2C)N1O. The number of hydrogen-bond acceptors (Lipinski definition) is 6. The topological polar surface area (TPSA) is 90.0 Å². The highest BCUT2D eigenvalue weighted by molar-refractivity contribution is 6.17. The summed E-state index contributed by atoms with van der Waals surface area (Å²) in [6.45, 7) is 3.79. The van der Waals surface area contributed by atoms with Crippen molar-refractivity contribution in [3.8, 4) is 0 Å². The molecule has 1 aliphatic heterocycles. The Hall–Kier alpha value is -2.02. The number of anilines is 1. The first kappa shape index (κ1) is 10.5. The van der Waals surface area contributed by atoms with Crippen LogP contribution in [0, 0.1) is 6.92 Å². The van der Waals surface area contributed by atoms with Gasteiger partial charge < -0.3 is 9.63 Å². The van der Waals surface area contributed by atoms with Gasteiger partial charge in [0.2, 0.25) is 5.82 Å². The molecule has 7 nitrogen and oxygen atoms in total. The lowest BCUT2D eigenvalue weighted by molar-refractivity contribution is -0.130. The summed E-state index contributed by atoms with van der Waals surface area (Å²) < 4.78 is 4.88. The Kier molecular flexibility index (Phi) is 2.31. The summed E-state index contributed by atoms with van der Waals surface area (Å²) in [7, 11) is 0. The molecule has 1 aromatic heterocycles. The van der Waals surface area contributed by atoms with E-state index >= 15 is 0 Å². The van der Waals surface area contributed by atoms with Crippen molar-refractivity contribution in [3.63, 3.8) is 0 Å². The first-order valence-electron chi connectivity index (χ1n) is 4.73. The predicted octanol–water partition coefficient (Wildman–Crippen LogP) is 0.855. The zero-order chi connectivity index (χ0) is 11.9. The van der Waals surface area contributed by atoms with Crippen molar-refractivity contribution >= 4 is 17.4 Å². The third kappa shape index (κ3) is 1.33. The van der Waals surface area contributed by atoms with Gasteiger partial charge in [-0.3, -0.25) is 10.2 Å². The summed E-state index contributed by atoms with van der Waals surface area (Å²) in [6, 6.07) is 0. The molecule has 0 saturated carbocycles. The molecule has 86 valence electrons. The number of carbonyl (C=O) groups is 1. The van der Waals surface area contributed by atoms with E-state index in [-0.39, 0.29) is 11.4 Å². The Labute approximate surface area is 91.1 Å². The van der Waals surface area contributed by atoms with Crippen LogP contribution in [0.3, 0.4) is 0 Å². The molecule has 0 bridgehead atoms. The number of carboxylic acids is 1. The van der Waals surface area contributed by atoms with Crippen molar-refractivity contribution in [2.45, 2.75) is 13.8 Å². The molecule has 0 amide bonds. The van der Waals surface area contributed by atoms with E-state index in [4.69, 9.17) is 9.63 Å². The van der Waals surface area contributed by atoms with Gasteiger partial charge in [-0.1, -0.05) is 5.16 Å². The van der Waals surface area contributed by atoms with Crippen LogP contribution in [-0.2, 0) is 4.79 Å². The maximum absolute atomic E-state index is 11.1. The fraction of sp³-hybridized carbons (Fsp3) is 0.333. The van der Waals surface area contributed by atoms with Crippen LogP contribution in [0.5, 0.6) is 0 Å². The normalized spacial score (nSPS) is 14.8. The standard InChI is InChI=1S/C9H11N3O4/c1-3-11-4-6(9(13)14)7-5(2)16-10-8(7)12(11)15/h4,15H,3H2,1-2H3,(H,13,14). The van der Waals surface area contributed by atoms with E-state index in [1.807, 2.05) is 0 Å². The average molecular weight is 225 g/mol. The number of rotatable bonds is 2. The van der Waals surface area contributed by atoms with Gasteiger partial charge in [-0.2, -0.15) is 0 Å². The lowest BCUT2D eigenvalue weighted by atomic mass is 10.1. The smallest absolute Gasteiger partial charge is 0.338 e. The molecule has 0 atom stereocenters. The molecular weight excluding hydrogens is 214 g/mol. The number of hydrazine groups is 1. The second kappa shape index (κ2) is 3.53. The fourth-order valence-electron chi connectivity index (χ4n) is 1.58. The average Bonchev–Trinajstić information content (AvgIpc) is 2.62. The van der Waals surface area contributed by atoms with Crippen molar-refractivity contribution < 1.29 is 19.6 Å². The summed E-state index contributed by atoms with van der Waals surface area (Å²) in [4.78, 5) is 11.1. The Morgan fingerprint density at radius 3 is 2.88 bits per heavy atom. The summed E-state index contributed by atoms with van der Waals surface area (Å²) in [5.74, 6) is -0.628. The number of aryl methyl sites for hydroxylation is 1. The molecule has 0 saturated heterocycles. The number of fused-ring (bicyclic) bond motifs is 1. The van der Waals surface area contributed by atoms with Crippen molar-refractivity contribution in [2.24, 2.45) is 0 Å². The second-order valence-corrected chi connectivity index (χ2v) is 3.33. The molecule has 0 unspecified atom stereocenters. The number of nitrogens with zero attached hydrogens (tertiary/aromatic N) is 3. The van der Waals surface area contributed by atoms with Crippen LogP contribution in [0.4, 0.5) is 5.82 Å². The highest BCUT2D eigenvalue weighted by Crippen LogP contribution is 2.34. The Morgan fingerprint density at radius 1 is 1.62 bits per heavy atom. The van der Waals surface area contributed by atoms with Crippen LogP contribution in [0.2, 0.25) is 0 Å². The first-order valence-corrected chi connectivity index (χ1v) is 4.73. The van der Waals surface area contributed by atoms with E-state index in [2.05, 4.69) is 5.16 Å². The van der Waals surface area contributed by atoms with Crippen molar-refractivity contribution in [1.82, 2.24) is 10.2 Å². The number of aromatic nitrogens is 1. The van der Waals surface area contributed by atoms with Gasteiger partial charge in [-0.25, -0.2) is 4.79 Å². The van der Waals surface area contributed by atoms with Gasteiger partial charge in [0, 0.05) is 12.7 Å². The van der Waals surface area contributed by atoms with Crippen LogP contribution in [0.25, 0.3) is 5.57 Å². The van der Waals surface area contributed by atoms with Crippen LogP contribution in [-0.4, -0.2) is 33.0 Å². The molecule has 1 aromatic rings. The maximum Gasteiger partial charge on any atom is 0.338 e. The Balaban J connectivity index is 2.59. The molecule has 7 heteroatoms. The van der Waals surface area contributed by atoms with Gasteiger partial charge in [0.1, 0.15) is 5.76 Å². The molecule has 2 N–H and O–H groups in total. The monoisotopic (exact) mass is 225 g/mol. The van der Waals surface area contributed by atoms with Gasteiger partial charge in [-0.05, 0) is 13.8 Å². The van der Waals surface area contributed by atoms with Crippen molar-refractivity contribution in [3.05, 3.63) is 17.5 Å². The molecule has 2 heterocycles. The van der Waals surface area contributed by atoms with Crippen molar-refractivity contribution in [2.75, 3.05) is 11.7 Å². The molecule has 0 spiro atoms. The van der Waals surface area contributed by atoms with E-state index in [0.29, 0.717) is 17.9 Å². The van der Waals surface area contributed by atoms with Crippen LogP contribution in [0.15, 0.2) is 10.7 Å². The fourth-order valence-corrected chi connectivity index (χ4v) is 1.58. The highest BCUT2D eigenvalue weighted by Gasteiger charge is 2.32. The quantitative estimate of drug-likeness (QED) is 0.771. The van der Waals surface area contributed by atoms with E-state index in [0.717, 1.165) is 5.17 Å². The lowest BCUT2D eigenvalue weighted by Crippen LogP contribution is -2.40. The third-order valence-corrected chi connectivity index (χ3v) is 2.38. The Morgan fingerprint density at radius 2 is 2.31 bits per heavy atom. The molecular formula is C9H11N3O4. The Bertz CT molecular complexity index is 465. The van der Waals surface area contributed by atoms with Crippen LogP contribution in [0.1, 0.15) is 18.2 Å². The first-order chi connectivity index (χ1) is 7.56. The molecule has 1 aliphatic rings. The van der Waals surface area contributed by atoms with E-state index < -0.39 is 5.97 Å². The molecule has 16 heavy (non-hydrogen) atoms. The molecule has 0 aromatic carbocycles. The zero-order valence-corrected chi connectivity index (χ0v) is 8.84. The summed E-state index contributed by atoms with van der Waals surface area (Å²) in [5.41, 5.74) is 0.362. The zero-order valence-electron chi connectivity index (χ0n) is 8.84. The summed E-state index contributed by atoms with van der Waals surface area (Å²) >= 11 is 0. The van der Waals surface area contributed by atoms with E-state index in [1.54, 1.807) is 13.8 Å². The van der Waals surface area contributed by atoms with Gasteiger partial charge >= 0.3 is 5.97 Å². The number of aliphatic carboxylic acids is 1. The van der Waals surface area contributed by atoms with Gasteiger partial charge in [0.15, 0.2) is 0 Å². The largest absolute Gasteiger partial charge is 0.478 e. The predicted molar refractivity (Wildman–Crippen MR) is 53.5 cm³/mol. The van der Waals surface area contributed by atoms with Crippen LogP contribution >= 0.6 is 0 Å². The van der Waals surface area contributed by atoms with Gasteiger partial charge in [-0.15, -0.1) is 5.17 Å².